The maximum Gasteiger partial charge on any atom is 0.259 e. The molecule has 0 spiro atoms. The molecule has 2 fully saturated rings. The van der Waals surface area contributed by atoms with Gasteiger partial charge in [0.2, 0.25) is 0 Å². The minimum absolute atomic E-state index is 0.0159. The van der Waals surface area contributed by atoms with Gasteiger partial charge in [0.1, 0.15) is 41.4 Å². The third-order valence-electron chi connectivity index (χ3n) is 5.41. The Morgan fingerprint density at radius 1 is 1.30 bits per heavy atom. The van der Waals surface area contributed by atoms with Crippen molar-refractivity contribution in [3.63, 3.8) is 0 Å². The molecule has 5 rings (SSSR count). The summed E-state index contributed by atoms with van der Waals surface area (Å²) in [6.45, 7) is 2.11. The van der Waals surface area contributed by atoms with Gasteiger partial charge < -0.3 is 25.3 Å². The van der Waals surface area contributed by atoms with Gasteiger partial charge in [0.05, 0.1) is 28.2 Å². The van der Waals surface area contributed by atoms with Gasteiger partial charge in [-0.15, -0.1) is 11.3 Å². The van der Waals surface area contributed by atoms with E-state index in [0.717, 1.165) is 0 Å². The summed E-state index contributed by atoms with van der Waals surface area (Å²) in [5, 5.41) is 3.91. The predicted octanol–water partition coefficient (Wildman–Crippen LogP) is 3.26. The molecule has 1 amide bonds. The average molecular weight is 430 g/mol. The standard InChI is InChI=1S/C20H19FN4O4S/c1-9-16-19(23-7-24-20(16)30-17(9)18(22)26)25-12-3-2-10(21)4-13(12)29-11-5-14-15(6-11)28-8-27-14/h2-4,7,11,14-15H,5-6,8H2,1H3,(H2,22,26)(H,23,24,25)/t11-,14-,15+. The van der Waals surface area contributed by atoms with Crippen molar-refractivity contribution in [2.24, 2.45) is 5.73 Å². The molecule has 3 heterocycles. The number of nitrogens with one attached hydrogen (secondary N) is 1. The molecule has 0 radical (unpaired) electrons. The maximum atomic E-state index is 14.0. The summed E-state index contributed by atoms with van der Waals surface area (Å²) in [5.74, 6) is -0.0531. The van der Waals surface area contributed by atoms with Crippen molar-refractivity contribution < 1.29 is 23.4 Å². The molecule has 0 bridgehead atoms. The van der Waals surface area contributed by atoms with Gasteiger partial charge in [0.15, 0.2) is 0 Å². The Hall–Kier alpha value is -2.82. The van der Waals surface area contributed by atoms with Crippen LogP contribution in [-0.2, 0) is 9.47 Å². The van der Waals surface area contributed by atoms with Crippen LogP contribution >= 0.6 is 11.3 Å². The number of benzene rings is 1. The predicted molar refractivity (Wildman–Crippen MR) is 109 cm³/mol. The van der Waals surface area contributed by atoms with E-state index in [1.807, 2.05) is 0 Å². The highest BCUT2D eigenvalue weighted by atomic mass is 32.1. The number of ether oxygens (including phenoxy) is 3. The lowest BCUT2D eigenvalue weighted by atomic mass is 10.2. The van der Waals surface area contributed by atoms with Crippen molar-refractivity contribution in [3.8, 4) is 5.75 Å². The van der Waals surface area contributed by atoms with Crippen molar-refractivity contribution in [2.75, 3.05) is 12.1 Å². The van der Waals surface area contributed by atoms with E-state index in [4.69, 9.17) is 19.9 Å². The van der Waals surface area contributed by atoms with Gasteiger partial charge >= 0.3 is 0 Å². The Kier molecular flexibility index (Phi) is 4.76. The van der Waals surface area contributed by atoms with Crippen LogP contribution in [0, 0.1) is 12.7 Å². The summed E-state index contributed by atoms with van der Waals surface area (Å²) in [7, 11) is 0. The number of amides is 1. The molecule has 10 heteroatoms. The smallest absolute Gasteiger partial charge is 0.259 e. The first-order valence-corrected chi connectivity index (χ1v) is 10.3. The number of halogens is 1. The van der Waals surface area contributed by atoms with Crippen LogP contribution in [0.25, 0.3) is 10.2 Å². The summed E-state index contributed by atoms with van der Waals surface area (Å²) >= 11 is 1.21. The van der Waals surface area contributed by atoms with E-state index < -0.39 is 11.7 Å². The van der Waals surface area contributed by atoms with Crippen LogP contribution in [0.2, 0.25) is 0 Å². The minimum atomic E-state index is -0.511. The van der Waals surface area contributed by atoms with Gasteiger partial charge in [-0.1, -0.05) is 0 Å². The largest absolute Gasteiger partial charge is 0.488 e. The number of rotatable bonds is 5. The molecular formula is C20H19FN4O4S. The fourth-order valence-electron chi connectivity index (χ4n) is 3.98. The lowest BCUT2D eigenvalue weighted by molar-refractivity contribution is 0.0123. The van der Waals surface area contributed by atoms with E-state index in [0.29, 0.717) is 57.5 Å². The van der Waals surface area contributed by atoms with E-state index in [1.165, 1.54) is 29.8 Å². The summed E-state index contributed by atoms with van der Waals surface area (Å²) in [4.78, 5) is 21.3. The highest BCUT2D eigenvalue weighted by Gasteiger charge is 2.41. The normalized spacial score (nSPS) is 22.9. The first-order chi connectivity index (χ1) is 14.5. The molecule has 30 heavy (non-hydrogen) atoms. The summed E-state index contributed by atoms with van der Waals surface area (Å²) in [6, 6.07) is 4.28. The van der Waals surface area contributed by atoms with Crippen LogP contribution in [0.3, 0.4) is 0 Å². The molecule has 1 aliphatic carbocycles. The number of nitrogens with zero attached hydrogens (tertiary/aromatic N) is 2. The van der Waals surface area contributed by atoms with E-state index >= 15 is 0 Å². The van der Waals surface area contributed by atoms with E-state index in [-0.39, 0.29) is 18.3 Å². The molecule has 0 unspecified atom stereocenters. The number of hydrogen-bond donors (Lipinski definition) is 2. The van der Waals surface area contributed by atoms with Crippen molar-refractivity contribution >= 4 is 39.0 Å². The van der Waals surface area contributed by atoms with Crippen LogP contribution in [0.15, 0.2) is 24.5 Å². The van der Waals surface area contributed by atoms with Gasteiger partial charge in [-0.2, -0.15) is 0 Å². The Balaban J connectivity index is 1.46. The molecule has 1 saturated carbocycles. The van der Waals surface area contributed by atoms with E-state index in [1.54, 1.807) is 13.0 Å². The van der Waals surface area contributed by atoms with Crippen LogP contribution < -0.4 is 15.8 Å². The molecule has 3 N–H and O–H groups in total. The fraction of sp³-hybridized carbons (Fsp3) is 0.350. The molecule has 1 saturated heterocycles. The van der Waals surface area contributed by atoms with Crippen molar-refractivity contribution in [3.05, 3.63) is 40.8 Å². The second-order valence-electron chi connectivity index (χ2n) is 7.33. The summed E-state index contributed by atoms with van der Waals surface area (Å²) in [5.41, 5.74) is 6.73. The third kappa shape index (κ3) is 3.36. The molecule has 3 aromatic rings. The van der Waals surface area contributed by atoms with Crippen LogP contribution in [0.4, 0.5) is 15.9 Å². The third-order valence-corrected chi connectivity index (χ3v) is 6.62. The number of carbonyl (C=O) groups is 1. The Bertz CT molecular complexity index is 1130. The maximum absolute atomic E-state index is 14.0. The average Bonchev–Trinajstić information content (AvgIpc) is 3.38. The van der Waals surface area contributed by atoms with Gasteiger partial charge in [-0.25, -0.2) is 14.4 Å². The van der Waals surface area contributed by atoms with Crippen molar-refractivity contribution in [2.45, 2.75) is 38.1 Å². The lowest BCUT2D eigenvalue weighted by Crippen LogP contribution is -2.16. The van der Waals surface area contributed by atoms with E-state index in [2.05, 4.69) is 15.3 Å². The Labute approximate surface area is 175 Å². The SMILES string of the molecule is Cc1c(C(N)=O)sc2ncnc(Nc3ccc(F)cc3O[C@H]3C[C@@H]4OCO[C@@H]4C3)c12. The number of anilines is 2. The first kappa shape index (κ1) is 19.2. The van der Waals surface area contributed by atoms with Crippen LogP contribution in [0.5, 0.6) is 5.75 Å². The number of fused-ring (bicyclic) bond motifs is 2. The quantitative estimate of drug-likeness (QED) is 0.639. The molecule has 1 aromatic carbocycles. The van der Waals surface area contributed by atoms with Crippen LogP contribution in [0.1, 0.15) is 28.1 Å². The van der Waals surface area contributed by atoms with Crippen molar-refractivity contribution in [1.29, 1.82) is 0 Å². The zero-order valence-electron chi connectivity index (χ0n) is 16.1. The molecule has 2 aliphatic rings. The molecule has 2 aromatic heterocycles. The second kappa shape index (κ2) is 7.46. The van der Waals surface area contributed by atoms with Gasteiger partial charge in [0, 0.05) is 18.9 Å². The summed E-state index contributed by atoms with van der Waals surface area (Å²) < 4.78 is 31.1. The zero-order chi connectivity index (χ0) is 20.8. The minimum Gasteiger partial charge on any atom is -0.488 e. The van der Waals surface area contributed by atoms with Gasteiger partial charge in [-0.05, 0) is 24.6 Å². The summed E-state index contributed by atoms with van der Waals surface area (Å²) in [6.07, 6.45) is 2.66. The number of thiophene rings is 1. The zero-order valence-corrected chi connectivity index (χ0v) is 16.9. The van der Waals surface area contributed by atoms with Crippen molar-refractivity contribution in [1.82, 2.24) is 9.97 Å². The number of aryl methyl sites for hydroxylation is 1. The number of aromatic nitrogens is 2. The van der Waals surface area contributed by atoms with Gasteiger partial charge in [-0.3, -0.25) is 4.79 Å². The number of hydrogen-bond acceptors (Lipinski definition) is 8. The molecule has 156 valence electrons. The highest BCUT2D eigenvalue weighted by Crippen LogP contribution is 2.38. The fourth-order valence-corrected chi connectivity index (χ4v) is 4.99. The molecule has 1 aliphatic heterocycles. The molecule has 3 atom stereocenters. The Morgan fingerprint density at radius 3 is 2.80 bits per heavy atom. The number of nitrogens with two attached hydrogens (primary N) is 1. The number of primary amides is 1. The molecular weight excluding hydrogens is 411 g/mol. The Morgan fingerprint density at radius 2 is 2.07 bits per heavy atom. The van der Waals surface area contributed by atoms with Gasteiger partial charge in [0.25, 0.3) is 5.91 Å². The second-order valence-corrected chi connectivity index (χ2v) is 8.33. The van der Waals surface area contributed by atoms with Crippen LogP contribution in [-0.4, -0.2) is 41.0 Å². The topological polar surface area (TPSA) is 109 Å². The number of carbonyl (C=O) groups excluding carboxylic acids is 1. The van der Waals surface area contributed by atoms with E-state index in [9.17, 15) is 9.18 Å². The lowest BCUT2D eigenvalue weighted by Gasteiger charge is -2.18. The highest BCUT2D eigenvalue weighted by molar-refractivity contribution is 7.20. The molecule has 8 nitrogen and oxygen atoms in total. The first-order valence-electron chi connectivity index (χ1n) is 9.50. The monoisotopic (exact) mass is 430 g/mol.